The third-order valence-electron chi connectivity index (χ3n) is 11.0. The van der Waals surface area contributed by atoms with Crippen LogP contribution in [0.3, 0.4) is 0 Å². The number of carbonyl (C=O) groups is 2. The van der Waals surface area contributed by atoms with Crippen LogP contribution >= 0.6 is 0 Å². The molecule has 1 spiro atoms. The Morgan fingerprint density at radius 2 is 1.68 bits per heavy atom. The summed E-state index contributed by atoms with van der Waals surface area (Å²) in [5.41, 5.74) is 0.0272. The molecule has 3 fully saturated rings. The second-order valence-corrected chi connectivity index (χ2v) is 18.0. The highest BCUT2D eigenvalue weighted by atomic mass is 32.2. The van der Waals surface area contributed by atoms with Crippen LogP contribution in [0.15, 0.2) is 53.4 Å². The molecule has 3 aliphatic carbocycles. The summed E-state index contributed by atoms with van der Waals surface area (Å²) in [6.45, 7) is 8.80. The molecule has 11 nitrogen and oxygen atoms in total. The number of nitrogens with zero attached hydrogens (tertiary/aromatic N) is 3. The Kier molecular flexibility index (Phi) is 8.97. The van der Waals surface area contributed by atoms with Crippen molar-refractivity contribution in [1.29, 1.82) is 0 Å². The lowest BCUT2D eigenvalue weighted by molar-refractivity contribution is -0.194. The lowest BCUT2D eigenvalue weighted by Crippen LogP contribution is -2.64. The van der Waals surface area contributed by atoms with E-state index in [0.29, 0.717) is 31.4 Å². The van der Waals surface area contributed by atoms with E-state index in [0.717, 1.165) is 16.7 Å². The zero-order valence-corrected chi connectivity index (χ0v) is 31.2. The number of anilines is 1. The van der Waals surface area contributed by atoms with Crippen molar-refractivity contribution in [2.45, 2.75) is 114 Å². The first kappa shape index (κ1) is 36.9. The molecule has 284 valence electrons. The zero-order chi connectivity index (χ0) is 38.1. The number of benzene rings is 2. The largest absolute Gasteiger partial charge is 0.475 e. The number of hydrogen-bond donors (Lipinski definition) is 2. The summed E-state index contributed by atoms with van der Waals surface area (Å²) in [5, 5.41) is 2.89. The van der Waals surface area contributed by atoms with Crippen LogP contribution in [0.2, 0.25) is 0 Å². The number of halogens is 3. The number of amides is 2. The van der Waals surface area contributed by atoms with E-state index in [9.17, 15) is 31.2 Å². The summed E-state index contributed by atoms with van der Waals surface area (Å²) in [4.78, 5) is 37.1. The summed E-state index contributed by atoms with van der Waals surface area (Å²) in [6.07, 6.45) is -3.21. The molecule has 1 atom stereocenters. The van der Waals surface area contributed by atoms with E-state index in [4.69, 9.17) is 9.47 Å². The van der Waals surface area contributed by atoms with Crippen LogP contribution in [0.4, 0.5) is 23.9 Å². The van der Waals surface area contributed by atoms with Gasteiger partial charge in [0.05, 0.1) is 22.0 Å². The molecule has 2 heterocycles. The number of fused-ring (bicyclic) bond motifs is 4. The average molecular weight is 756 g/mol. The van der Waals surface area contributed by atoms with Gasteiger partial charge in [-0.15, -0.1) is 0 Å². The van der Waals surface area contributed by atoms with Crippen molar-refractivity contribution in [1.82, 2.24) is 20.2 Å². The van der Waals surface area contributed by atoms with Crippen LogP contribution in [0.25, 0.3) is 11.3 Å². The Balaban J connectivity index is 1.25. The predicted octanol–water partition coefficient (Wildman–Crippen LogP) is 7.33. The Bertz CT molecular complexity index is 2030. The predicted molar refractivity (Wildman–Crippen MR) is 190 cm³/mol. The third kappa shape index (κ3) is 7.41. The molecule has 2 amide bonds. The maximum atomic E-state index is 14.6. The first-order valence-electron chi connectivity index (χ1n) is 17.9. The van der Waals surface area contributed by atoms with Crippen LogP contribution < -0.4 is 14.8 Å². The standard InChI is InChI=1S/C38H44F3N5O6S/c1-22-8-6-9-23(2)31(22)29-15-30-44-33(43-29)45-53(49,50)28-11-7-10-24(14-28)32(47)46(27(21-51-30)20-37(12-13-37)38(39,40)41)26-18-36(19-26)16-25(17-36)42-34(48)52-35(3,4)5/h6-11,14-15,25-27H,12-13,16-21H2,1-5H3,(H,42,48)(H,43,44,45)/t25?,26?,27-,36?/m1/s1. The Hall–Kier alpha value is -4.40. The van der Waals surface area contributed by atoms with Gasteiger partial charge in [0.15, 0.2) is 0 Å². The monoisotopic (exact) mass is 755 g/mol. The third-order valence-corrected chi connectivity index (χ3v) is 12.3. The highest BCUT2D eigenvalue weighted by molar-refractivity contribution is 7.92. The second-order valence-electron chi connectivity index (χ2n) is 16.3. The van der Waals surface area contributed by atoms with E-state index >= 15 is 0 Å². The molecular formula is C38H44F3N5O6S. The zero-order valence-electron chi connectivity index (χ0n) is 30.3. The minimum Gasteiger partial charge on any atom is -0.475 e. The fraction of sp³-hybridized carbons (Fsp3) is 0.526. The number of rotatable bonds is 5. The molecule has 4 bridgehead atoms. The molecule has 1 aromatic heterocycles. The maximum absolute atomic E-state index is 14.6. The van der Waals surface area contributed by atoms with Gasteiger partial charge >= 0.3 is 12.3 Å². The van der Waals surface area contributed by atoms with Crippen molar-refractivity contribution in [3.8, 4) is 17.1 Å². The van der Waals surface area contributed by atoms with Crippen LogP contribution in [-0.2, 0) is 14.8 Å². The molecule has 3 saturated carbocycles. The van der Waals surface area contributed by atoms with Gasteiger partial charge in [-0.05, 0) is 114 Å². The molecule has 7 rings (SSSR count). The summed E-state index contributed by atoms with van der Waals surface area (Å²) < 4.78 is 85.2. The number of ether oxygens (including phenoxy) is 2. The number of alkyl halides is 3. The quantitative estimate of drug-likeness (QED) is 0.276. The Morgan fingerprint density at radius 1 is 1.02 bits per heavy atom. The van der Waals surface area contributed by atoms with Crippen LogP contribution in [0, 0.1) is 24.7 Å². The lowest BCUT2D eigenvalue weighted by atomic mass is 9.51. The smallest absolute Gasteiger partial charge is 0.407 e. The van der Waals surface area contributed by atoms with Gasteiger partial charge in [-0.1, -0.05) is 24.3 Å². The van der Waals surface area contributed by atoms with Crippen molar-refractivity contribution in [3.05, 3.63) is 65.2 Å². The topological polar surface area (TPSA) is 140 Å². The fourth-order valence-electron chi connectivity index (χ4n) is 8.30. The van der Waals surface area contributed by atoms with E-state index in [1.807, 2.05) is 32.0 Å². The molecule has 1 aliphatic heterocycles. The summed E-state index contributed by atoms with van der Waals surface area (Å²) in [6, 6.07) is 11.1. The number of nitrogens with one attached hydrogen (secondary N) is 2. The Morgan fingerprint density at radius 3 is 2.30 bits per heavy atom. The number of carbonyl (C=O) groups excluding carboxylic acids is 2. The fourth-order valence-corrected chi connectivity index (χ4v) is 9.29. The second kappa shape index (κ2) is 12.9. The van der Waals surface area contributed by atoms with E-state index in [-0.39, 0.29) is 59.6 Å². The minimum absolute atomic E-state index is 0.0249. The van der Waals surface area contributed by atoms with Gasteiger partial charge < -0.3 is 19.7 Å². The highest BCUT2D eigenvalue weighted by Crippen LogP contribution is 2.62. The average Bonchev–Trinajstić information content (AvgIpc) is 3.81. The number of aromatic nitrogens is 2. The minimum atomic E-state index is -4.49. The number of sulfonamides is 1. The van der Waals surface area contributed by atoms with Crippen molar-refractivity contribution < 1.29 is 40.7 Å². The maximum Gasteiger partial charge on any atom is 0.407 e. The van der Waals surface area contributed by atoms with E-state index in [1.165, 1.54) is 35.2 Å². The van der Waals surface area contributed by atoms with Crippen LogP contribution in [-0.4, -0.2) is 71.8 Å². The molecule has 0 unspecified atom stereocenters. The van der Waals surface area contributed by atoms with Gasteiger partial charge in [0.1, 0.15) is 12.2 Å². The van der Waals surface area contributed by atoms with Gasteiger partial charge in [-0.2, -0.15) is 18.2 Å². The Labute approximate surface area is 307 Å². The molecule has 2 N–H and O–H groups in total. The molecule has 15 heteroatoms. The van der Waals surface area contributed by atoms with Gasteiger partial charge in [0.2, 0.25) is 11.8 Å². The molecule has 0 radical (unpaired) electrons. The number of alkyl carbamates (subject to hydrolysis) is 1. The summed E-state index contributed by atoms with van der Waals surface area (Å²) >= 11 is 0. The molecule has 2 aromatic carbocycles. The van der Waals surface area contributed by atoms with Crippen molar-refractivity contribution in [3.63, 3.8) is 0 Å². The van der Waals surface area contributed by atoms with Gasteiger partial charge in [-0.3, -0.25) is 4.79 Å². The van der Waals surface area contributed by atoms with Crippen molar-refractivity contribution in [2.75, 3.05) is 11.3 Å². The molecule has 3 aromatic rings. The van der Waals surface area contributed by atoms with Gasteiger partial charge in [0, 0.05) is 29.3 Å². The normalized spacial score (nSPS) is 26.0. The number of hydrogen-bond acceptors (Lipinski definition) is 8. The van der Waals surface area contributed by atoms with E-state index in [2.05, 4.69) is 20.0 Å². The first-order valence-corrected chi connectivity index (χ1v) is 19.3. The van der Waals surface area contributed by atoms with E-state index < -0.39 is 51.3 Å². The van der Waals surface area contributed by atoms with Crippen molar-refractivity contribution >= 4 is 28.0 Å². The summed E-state index contributed by atoms with van der Waals surface area (Å²) in [7, 11) is -4.32. The molecule has 4 aliphatic rings. The first-order chi connectivity index (χ1) is 24.8. The highest BCUT2D eigenvalue weighted by Gasteiger charge is 2.65. The van der Waals surface area contributed by atoms with Crippen molar-refractivity contribution in [2.24, 2.45) is 10.8 Å². The summed E-state index contributed by atoms with van der Waals surface area (Å²) in [5.74, 6) is -0.904. The van der Waals surface area contributed by atoms with Gasteiger partial charge in [0.25, 0.3) is 15.9 Å². The molecule has 0 saturated heterocycles. The molecule has 53 heavy (non-hydrogen) atoms. The lowest BCUT2D eigenvalue weighted by Gasteiger charge is -2.60. The SMILES string of the molecule is Cc1cccc(C)c1-c1cc2nc(n1)NS(=O)(=O)c1cccc(c1)C(=O)N(C1CC3(CC(NC(=O)OC(C)(C)C)C3)C1)[C@H](CC1(C(F)(F)F)CC1)CO2. The van der Waals surface area contributed by atoms with Gasteiger partial charge in [-0.25, -0.2) is 22.9 Å². The van der Waals surface area contributed by atoms with Crippen LogP contribution in [0.5, 0.6) is 5.88 Å². The van der Waals surface area contributed by atoms with E-state index in [1.54, 1.807) is 20.8 Å². The van der Waals surface area contributed by atoms with Crippen LogP contribution in [0.1, 0.15) is 87.2 Å². The molecular weight excluding hydrogens is 712 g/mol. The number of aryl methyl sites for hydroxylation is 2.